The van der Waals surface area contributed by atoms with Gasteiger partial charge in [-0.2, -0.15) is 0 Å². The van der Waals surface area contributed by atoms with Crippen LogP contribution in [-0.4, -0.2) is 40.8 Å². The Balaban J connectivity index is 1.88. The number of hydrogen-bond acceptors (Lipinski definition) is 4. The lowest BCUT2D eigenvalue weighted by Crippen LogP contribution is -2.41. The first kappa shape index (κ1) is 13.3. The summed E-state index contributed by atoms with van der Waals surface area (Å²) in [5.41, 5.74) is 0.965. The normalized spacial score (nSPS) is 20.4. The number of fused-ring (bicyclic) bond motifs is 1. The van der Waals surface area contributed by atoms with Crippen LogP contribution in [0.15, 0.2) is 30.6 Å². The van der Waals surface area contributed by atoms with Gasteiger partial charge in [-0.25, -0.2) is 0 Å². The van der Waals surface area contributed by atoms with E-state index in [-0.39, 0.29) is 0 Å². The summed E-state index contributed by atoms with van der Waals surface area (Å²) in [6.45, 7) is 5.49. The Morgan fingerprint density at radius 2 is 2.30 bits per heavy atom. The first-order valence-electron chi connectivity index (χ1n) is 7.16. The van der Waals surface area contributed by atoms with E-state index in [9.17, 15) is 5.11 Å². The van der Waals surface area contributed by atoms with Crippen molar-refractivity contribution >= 4 is 10.8 Å². The van der Waals surface area contributed by atoms with Gasteiger partial charge in [0.15, 0.2) is 0 Å². The second kappa shape index (κ2) is 5.77. The molecule has 1 aliphatic heterocycles. The van der Waals surface area contributed by atoms with Crippen LogP contribution in [0.25, 0.3) is 10.8 Å². The number of phenolic OH excluding ortho intramolecular Hbond substituents is 1. The van der Waals surface area contributed by atoms with Gasteiger partial charge in [-0.15, -0.1) is 0 Å². The molecule has 4 nitrogen and oxygen atoms in total. The lowest BCUT2D eigenvalue weighted by molar-refractivity contribution is -0.0325. The Labute approximate surface area is 119 Å². The van der Waals surface area contributed by atoms with Crippen molar-refractivity contribution in [1.29, 1.82) is 0 Å². The highest BCUT2D eigenvalue weighted by Crippen LogP contribution is 2.28. The summed E-state index contributed by atoms with van der Waals surface area (Å²) in [5.74, 6) is 0.352. The second-order valence-electron chi connectivity index (χ2n) is 5.30. The Kier molecular flexibility index (Phi) is 3.85. The molecule has 106 valence electrons. The molecule has 1 N–H and O–H groups in total. The van der Waals surface area contributed by atoms with Gasteiger partial charge in [0, 0.05) is 43.0 Å². The Hall–Kier alpha value is -1.65. The lowest BCUT2D eigenvalue weighted by atomic mass is 10.0. The summed E-state index contributed by atoms with van der Waals surface area (Å²) in [7, 11) is 0. The molecule has 0 spiro atoms. The van der Waals surface area contributed by atoms with Crippen molar-refractivity contribution in [3.05, 3.63) is 36.2 Å². The van der Waals surface area contributed by atoms with E-state index in [1.54, 1.807) is 12.3 Å². The van der Waals surface area contributed by atoms with Crippen LogP contribution >= 0.6 is 0 Å². The molecular weight excluding hydrogens is 252 g/mol. The fraction of sp³-hybridized carbons (Fsp3) is 0.438. The molecular formula is C16H20N2O2. The highest BCUT2D eigenvalue weighted by atomic mass is 16.5. The fourth-order valence-electron chi connectivity index (χ4n) is 2.77. The maximum Gasteiger partial charge on any atom is 0.120 e. The van der Waals surface area contributed by atoms with Crippen LogP contribution in [0, 0.1) is 0 Å². The van der Waals surface area contributed by atoms with E-state index >= 15 is 0 Å². The average molecular weight is 272 g/mol. The number of hydrogen-bond donors (Lipinski definition) is 1. The average Bonchev–Trinajstić information content (AvgIpc) is 2.50. The Morgan fingerprint density at radius 3 is 3.15 bits per heavy atom. The van der Waals surface area contributed by atoms with Gasteiger partial charge in [-0.05, 0) is 23.9 Å². The topological polar surface area (TPSA) is 45.6 Å². The Bertz CT molecular complexity index is 600. The third-order valence-electron chi connectivity index (χ3n) is 3.97. The molecule has 2 aromatic rings. The van der Waals surface area contributed by atoms with E-state index < -0.39 is 0 Å². The molecule has 1 aliphatic rings. The molecule has 0 amide bonds. The van der Waals surface area contributed by atoms with E-state index in [0.29, 0.717) is 11.9 Å². The minimum atomic E-state index is 0.305. The van der Waals surface area contributed by atoms with Gasteiger partial charge in [0.25, 0.3) is 0 Å². The predicted octanol–water partition coefficient (Wildman–Crippen LogP) is 2.55. The van der Waals surface area contributed by atoms with Crippen LogP contribution in [0.2, 0.25) is 0 Å². The summed E-state index contributed by atoms with van der Waals surface area (Å²) < 4.78 is 5.70. The third-order valence-corrected chi connectivity index (χ3v) is 3.97. The number of aromatic hydroxyl groups is 1. The molecule has 1 saturated heterocycles. The summed E-state index contributed by atoms with van der Waals surface area (Å²) >= 11 is 0. The minimum absolute atomic E-state index is 0.305. The van der Waals surface area contributed by atoms with Gasteiger partial charge in [0.05, 0.1) is 12.7 Å². The number of aromatic nitrogens is 1. The second-order valence-corrected chi connectivity index (χ2v) is 5.30. The zero-order valence-electron chi connectivity index (χ0n) is 11.7. The molecule has 1 atom stereocenters. The maximum atomic E-state index is 10.2. The van der Waals surface area contributed by atoms with Gasteiger partial charge in [0.1, 0.15) is 5.75 Å². The van der Waals surface area contributed by atoms with Gasteiger partial charge in [0.2, 0.25) is 0 Å². The number of morpholine rings is 1. The fourth-order valence-corrected chi connectivity index (χ4v) is 2.77. The van der Waals surface area contributed by atoms with E-state index in [2.05, 4.69) is 16.8 Å². The van der Waals surface area contributed by atoms with Crippen molar-refractivity contribution in [3.8, 4) is 5.75 Å². The van der Waals surface area contributed by atoms with Gasteiger partial charge >= 0.3 is 0 Å². The van der Waals surface area contributed by atoms with Crippen molar-refractivity contribution in [2.45, 2.75) is 26.0 Å². The van der Waals surface area contributed by atoms with Crippen molar-refractivity contribution in [2.24, 2.45) is 0 Å². The summed E-state index contributed by atoms with van der Waals surface area (Å²) in [6.07, 6.45) is 4.95. The SMILES string of the molecule is CC[C@@H]1CN(Cc2c(O)ccc3ccncc23)CCO1. The molecule has 1 aromatic heterocycles. The van der Waals surface area contributed by atoms with Gasteiger partial charge < -0.3 is 9.84 Å². The van der Waals surface area contributed by atoms with Gasteiger partial charge in [-0.1, -0.05) is 13.0 Å². The number of benzene rings is 1. The van der Waals surface area contributed by atoms with Crippen molar-refractivity contribution in [1.82, 2.24) is 9.88 Å². The Morgan fingerprint density at radius 1 is 1.40 bits per heavy atom. The quantitative estimate of drug-likeness (QED) is 0.932. The van der Waals surface area contributed by atoms with Crippen LogP contribution in [-0.2, 0) is 11.3 Å². The first-order valence-corrected chi connectivity index (χ1v) is 7.16. The standard InChI is InChI=1S/C16H20N2O2/c1-2-13-10-18(7-8-20-13)11-15-14-9-17-6-5-12(14)3-4-16(15)19/h3-6,9,13,19H,2,7-8,10-11H2,1H3/t13-/m1/s1. The minimum Gasteiger partial charge on any atom is -0.508 e. The zero-order chi connectivity index (χ0) is 13.9. The molecule has 4 heteroatoms. The van der Waals surface area contributed by atoms with E-state index in [1.807, 2.05) is 18.3 Å². The number of rotatable bonds is 3. The highest BCUT2D eigenvalue weighted by Gasteiger charge is 2.20. The van der Waals surface area contributed by atoms with E-state index in [4.69, 9.17) is 4.74 Å². The maximum absolute atomic E-state index is 10.2. The van der Waals surface area contributed by atoms with Crippen LogP contribution in [0.3, 0.4) is 0 Å². The number of ether oxygens (including phenoxy) is 1. The summed E-state index contributed by atoms with van der Waals surface area (Å²) in [5, 5.41) is 12.3. The predicted molar refractivity (Wildman–Crippen MR) is 78.7 cm³/mol. The number of nitrogens with zero attached hydrogens (tertiary/aromatic N) is 2. The summed E-state index contributed by atoms with van der Waals surface area (Å²) in [4.78, 5) is 6.53. The lowest BCUT2D eigenvalue weighted by Gasteiger charge is -2.32. The van der Waals surface area contributed by atoms with Crippen molar-refractivity contribution in [2.75, 3.05) is 19.7 Å². The highest BCUT2D eigenvalue weighted by molar-refractivity contribution is 5.86. The van der Waals surface area contributed by atoms with Crippen LogP contribution in [0.4, 0.5) is 0 Å². The molecule has 0 bridgehead atoms. The largest absolute Gasteiger partial charge is 0.508 e. The third kappa shape index (κ3) is 2.62. The van der Waals surface area contributed by atoms with Crippen molar-refractivity contribution in [3.63, 3.8) is 0 Å². The number of pyridine rings is 1. The molecule has 2 heterocycles. The zero-order valence-corrected chi connectivity index (χ0v) is 11.7. The van der Waals surface area contributed by atoms with E-state index in [1.165, 1.54) is 0 Å². The molecule has 3 rings (SSSR count). The van der Waals surface area contributed by atoms with Crippen LogP contribution in [0.5, 0.6) is 5.75 Å². The van der Waals surface area contributed by atoms with E-state index in [0.717, 1.165) is 49.0 Å². The van der Waals surface area contributed by atoms with Gasteiger partial charge in [-0.3, -0.25) is 9.88 Å². The summed E-state index contributed by atoms with van der Waals surface area (Å²) in [6, 6.07) is 5.69. The van der Waals surface area contributed by atoms with Crippen LogP contribution in [0.1, 0.15) is 18.9 Å². The molecule has 1 fully saturated rings. The molecule has 0 aliphatic carbocycles. The van der Waals surface area contributed by atoms with Crippen LogP contribution < -0.4 is 0 Å². The molecule has 1 aromatic carbocycles. The molecule has 0 unspecified atom stereocenters. The smallest absolute Gasteiger partial charge is 0.120 e. The molecule has 20 heavy (non-hydrogen) atoms. The molecule has 0 radical (unpaired) electrons. The molecule has 0 saturated carbocycles. The first-order chi connectivity index (χ1) is 9.78. The number of phenols is 1. The monoisotopic (exact) mass is 272 g/mol. The van der Waals surface area contributed by atoms with Crippen molar-refractivity contribution < 1.29 is 9.84 Å².